The van der Waals surface area contributed by atoms with Gasteiger partial charge in [0.15, 0.2) is 16.6 Å². The normalized spacial score (nSPS) is 18.5. The maximum absolute atomic E-state index is 5.46. The van der Waals surface area contributed by atoms with Gasteiger partial charge in [0.25, 0.3) is 0 Å². The maximum atomic E-state index is 5.46. The van der Waals surface area contributed by atoms with Gasteiger partial charge in [-0.15, -0.1) is 0 Å². The van der Waals surface area contributed by atoms with Gasteiger partial charge in [0, 0.05) is 18.6 Å². The molecule has 1 aromatic rings. The van der Waals surface area contributed by atoms with E-state index in [-0.39, 0.29) is 5.54 Å². The van der Waals surface area contributed by atoms with Crippen molar-refractivity contribution in [1.29, 1.82) is 0 Å². The molecule has 1 heterocycles. The lowest BCUT2D eigenvalue weighted by Crippen LogP contribution is -2.55. The van der Waals surface area contributed by atoms with Crippen LogP contribution in [0.15, 0.2) is 18.2 Å². The highest BCUT2D eigenvalue weighted by molar-refractivity contribution is 7.80. The molecule has 6 heteroatoms. The molecule has 132 valence electrons. The lowest BCUT2D eigenvalue weighted by atomic mass is 9.80. The van der Waals surface area contributed by atoms with Crippen molar-refractivity contribution in [2.45, 2.75) is 44.2 Å². The van der Waals surface area contributed by atoms with E-state index in [2.05, 4.69) is 29.6 Å². The predicted molar refractivity (Wildman–Crippen MR) is 99.5 cm³/mol. The quantitative estimate of drug-likeness (QED) is 0.797. The zero-order valence-electron chi connectivity index (χ0n) is 14.6. The first-order valence-electron chi connectivity index (χ1n) is 8.67. The molecule has 0 saturated heterocycles. The number of hydrogen-bond donors (Lipinski definition) is 2. The van der Waals surface area contributed by atoms with Gasteiger partial charge in [-0.2, -0.15) is 0 Å². The summed E-state index contributed by atoms with van der Waals surface area (Å²) in [6.45, 7) is 1.88. The first kappa shape index (κ1) is 17.3. The Balaban J connectivity index is 1.48. The number of fused-ring (bicyclic) bond motifs is 1. The number of hydrogen-bond acceptors (Lipinski definition) is 4. The minimum Gasteiger partial charge on any atom is -0.454 e. The van der Waals surface area contributed by atoms with Gasteiger partial charge in [-0.3, -0.25) is 0 Å². The van der Waals surface area contributed by atoms with E-state index in [1.54, 1.807) is 0 Å². The number of benzene rings is 1. The third-order valence-electron chi connectivity index (χ3n) is 5.20. The number of nitrogens with zero attached hydrogens (tertiary/aromatic N) is 1. The Kier molecular flexibility index (Phi) is 5.46. The summed E-state index contributed by atoms with van der Waals surface area (Å²) in [6.07, 6.45) is 6.42. The number of nitrogens with one attached hydrogen (secondary N) is 2. The average molecular weight is 350 g/mol. The first-order valence-corrected chi connectivity index (χ1v) is 9.08. The molecule has 1 fully saturated rings. The van der Waals surface area contributed by atoms with Gasteiger partial charge < -0.3 is 25.0 Å². The van der Waals surface area contributed by atoms with E-state index >= 15 is 0 Å². The van der Waals surface area contributed by atoms with Crippen LogP contribution in [0.1, 0.15) is 37.7 Å². The molecule has 0 aromatic heterocycles. The highest BCUT2D eigenvalue weighted by Gasteiger charge is 2.34. The fourth-order valence-corrected chi connectivity index (χ4v) is 3.68. The van der Waals surface area contributed by atoms with Crippen LogP contribution >= 0.6 is 12.2 Å². The Morgan fingerprint density at radius 3 is 2.62 bits per heavy atom. The second-order valence-electron chi connectivity index (χ2n) is 6.90. The third kappa shape index (κ3) is 3.92. The summed E-state index contributed by atoms with van der Waals surface area (Å²) in [5.41, 5.74) is 1.35. The summed E-state index contributed by atoms with van der Waals surface area (Å²) in [7, 11) is 4.35. The Labute approximate surface area is 149 Å². The van der Waals surface area contributed by atoms with E-state index < -0.39 is 0 Å². The van der Waals surface area contributed by atoms with Crippen molar-refractivity contribution in [2.75, 3.05) is 27.4 Å². The van der Waals surface area contributed by atoms with E-state index in [4.69, 9.17) is 21.7 Å². The fraction of sp³-hybridized carbons (Fsp3) is 0.611. The zero-order valence-corrected chi connectivity index (χ0v) is 15.4. The molecule has 0 bridgehead atoms. The fourth-order valence-electron chi connectivity index (χ4n) is 3.53. The molecule has 0 radical (unpaired) electrons. The van der Waals surface area contributed by atoms with Gasteiger partial charge in [0.05, 0.1) is 0 Å². The molecule has 1 aliphatic heterocycles. The highest BCUT2D eigenvalue weighted by atomic mass is 32.1. The van der Waals surface area contributed by atoms with E-state index in [0.717, 1.165) is 23.6 Å². The van der Waals surface area contributed by atoms with Crippen molar-refractivity contribution in [1.82, 2.24) is 15.5 Å². The Morgan fingerprint density at radius 1 is 1.12 bits per heavy atom. The summed E-state index contributed by atoms with van der Waals surface area (Å²) in [4.78, 5) is 2.36. The summed E-state index contributed by atoms with van der Waals surface area (Å²) in [6, 6.07) is 5.98. The molecule has 24 heavy (non-hydrogen) atoms. The van der Waals surface area contributed by atoms with Crippen molar-refractivity contribution in [3.63, 3.8) is 0 Å². The molecule has 1 saturated carbocycles. The predicted octanol–water partition coefficient (Wildman–Crippen LogP) is 2.64. The highest BCUT2D eigenvalue weighted by Crippen LogP contribution is 2.33. The van der Waals surface area contributed by atoms with Crippen LogP contribution in [0.4, 0.5) is 0 Å². The number of likely N-dealkylation sites (N-methyl/N-ethyl adjacent to an activating group) is 1. The molecule has 5 nitrogen and oxygen atoms in total. The van der Waals surface area contributed by atoms with Crippen molar-refractivity contribution < 1.29 is 9.47 Å². The largest absolute Gasteiger partial charge is 0.454 e. The van der Waals surface area contributed by atoms with Gasteiger partial charge in [0.1, 0.15) is 0 Å². The van der Waals surface area contributed by atoms with Crippen molar-refractivity contribution in [2.24, 2.45) is 0 Å². The number of thiocarbonyl (C=S) groups is 1. The van der Waals surface area contributed by atoms with Crippen molar-refractivity contribution in [3.8, 4) is 11.5 Å². The molecule has 0 unspecified atom stereocenters. The summed E-state index contributed by atoms with van der Waals surface area (Å²) in [5.74, 6) is 1.62. The van der Waals surface area contributed by atoms with Crippen LogP contribution in [-0.2, 0) is 6.54 Å². The smallest absolute Gasteiger partial charge is 0.231 e. The molecule has 1 aromatic carbocycles. The third-order valence-corrected chi connectivity index (χ3v) is 5.49. The first-order chi connectivity index (χ1) is 11.6. The van der Waals surface area contributed by atoms with Crippen molar-refractivity contribution >= 4 is 17.3 Å². The summed E-state index contributed by atoms with van der Waals surface area (Å²) >= 11 is 5.46. The van der Waals surface area contributed by atoms with Crippen LogP contribution in [0.2, 0.25) is 0 Å². The lowest BCUT2D eigenvalue weighted by molar-refractivity contribution is 0.104. The van der Waals surface area contributed by atoms with E-state index in [9.17, 15) is 0 Å². The van der Waals surface area contributed by atoms with E-state index in [0.29, 0.717) is 18.5 Å². The summed E-state index contributed by atoms with van der Waals surface area (Å²) < 4.78 is 10.7. The molecule has 2 N–H and O–H groups in total. The van der Waals surface area contributed by atoms with Crippen LogP contribution in [0.3, 0.4) is 0 Å². The van der Waals surface area contributed by atoms with Crippen LogP contribution in [-0.4, -0.2) is 43.0 Å². The zero-order chi connectivity index (χ0) is 17.0. The van der Waals surface area contributed by atoms with Crippen LogP contribution in [0.5, 0.6) is 11.5 Å². The topological polar surface area (TPSA) is 45.8 Å². The molecule has 2 aliphatic rings. The van der Waals surface area contributed by atoms with Gasteiger partial charge >= 0.3 is 0 Å². The van der Waals surface area contributed by atoms with E-state index in [1.807, 2.05) is 18.2 Å². The second-order valence-corrected chi connectivity index (χ2v) is 7.31. The Hall–Kier alpha value is -1.53. The standard InChI is InChI=1S/C18H27N3O2S/c1-21(2)18(8-4-3-5-9-18)12-20-17(24)19-11-14-6-7-15-16(10-14)23-13-22-15/h6-7,10H,3-5,8-9,11-13H2,1-2H3,(H2,19,20,24). The van der Waals surface area contributed by atoms with Crippen LogP contribution in [0.25, 0.3) is 0 Å². The molecule has 0 spiro atoms. The molecule has 0 amide bonds. The monoisotopic (exact) mass is 349 g/mol. The maximum Gasteiger partial charge on any atom is 0.231 e. The van der Waals surface area contributed by atoms with Gasteiger partial charge in [-0.05, 0) is 56.9 Å². The SMILES string of the molecule is CN(C)C1(CNC(=S)NCc2ccc3c(c2)OCO3)CCCCC1. The Bertz CT molecular complexity index is 586. The molecular formula is C18H27N3O2S. The van der Waals surface area contributed by atoms with Crippen molar-refractivity contribution in [3.05, 3.63) is 23.8 Å². The number of rotatable bonds is 5. The Morgan fingerprint density at radius 2 is 1.88 bits per heavy atom. The van der Waals surface area contributed by atoms with Gasteiger partial charge in [0.2, 0.25) is 6.79 Å². The molecule has 3 rings (SSSR count). The average Bonchev–Trinajstić information content (AvgIpc) is 3.06. The minimum absolute atomic E-state index is 0.225. The molecular weight excluding hydrogens is 322 g/mol. The minimum atomic E-state index is 0.225. The van der Waals surface area contributed by atoms with Crippen LogP contribution in [0, 0.1) is 0 Å². The second kappa shape index (κ2) is 7.57. The number of ether oxygens (including phenoxy) is 2. The van der Waals surface area contributed by atoms with E-state index in [1.165, 1.54) is 32.1 Å². The van der Waals surface area contributed by atoms with Crippen LogP contribution < -0.4 is 20.1 Å². The summed E-state index contributed by atoms with van der Waals surface area (Å²) in [5, 5.41) is 7.42. The van der Waals surface area contributed by atoms with Gasteiger partial charge in [-0.1, -0.05) is 25.3 Å². The van der Waals surface area contributed by atoms with Gasteiger partial charge in [-0.25, -0.2) is 0 Å². The lowest BCUT2D eigenvalue weighted by Gasteiger charge is -2.43. The molecule has 1 aliphatic carbocycles. The molecule has 0 atom stereocenters.